The average Bonchev–Trinajstić information content (AvgIpc) is 3.02. The lowest BCUT2D eigenvalue weighted by Gasteiger charge is -2.33. The van der Waals surface area contributed by atoms with Crippen LogP contribution in [0.25, 0.3) is 5.69 Å². The predicted octanol–water partition coefficient (Wildman–Crippen LogP) is 3.89. The van der Waals surface area contributed by atoms with Gasteiger partial charge in [-0.3, -0.25) is 0 Å². The van der Waals surface area contributed by atoms with Gasteiger partial charge in [0, 0.05) is 6.04 Å². The van der Waals surface area contributed by atoms with Crippen LogP contribution in [-0.4, -0.2) is 20.8 Å². The third-order valence-electron chi connectivity index (χ3n) is 4.59. The number of benzene rings is 1. The fourth-order valence-electron chi connectivity index (χ4n) is 3.31. The van der Waals surface area contributed by atoms with Crippen LogP contribution >= 0.6 is 0 Å². The second-order valence-corrected chi connectivity index (χ2v) is 6.37. The Balaban J connectivity index is 1.76. The molecule has 2 atom stereocenters. The van der Waals surface area contributed by atoms with Gasteiger partial charge in [0.15, 0.2) is 0 Å². The van der Waals surface area contributed by atoms with E-state index in [-0.39, 0.29) is 0 Å². The van der Waals surface area contributed by atoms with Crippen LogP contribution in [0.4, 0.5) is 5.69 Å². The van der Waals surface area contributed by atoms with E-state index >= 15 is 0 Å². The molecule has 0 saturated heterocycles. The molecular formula is C17H24N4. The normalized spacial score (nSPS) is 22.4. The molecule has 1 aliphatic rings. The Morgan fingerprint density at radius 3 is 2.86 bits per heavy atom. The zero-order valence-electron chi connectivity index (χ0n) is 12.9. The Hall–Kier alpha value is -1.84. The number of hydrogen-bond acceptors (Lipinski definition) is 3. The maximum Gasteiger partial charge on any atom is 0.138 e. The highest BCUT2D eigenvalue weighted by Gasteiger charge is 2.24. The average molecular weight is 284 g/mol. The molecule has 0 amide bonds. The molecule has 1 fully saturated rings. The summed E-state index contributed by atoms with van der Waals surface area (Å²) in [6, 6.07) is 8.90. The van der Waals surface area contributed by atoms with Crippen LogP contribution in [0, 0.1) is 11.8 Å². The molecule has 2 unspecified atom stereocenters. The van der Waals surface area contributed by atoms with E-state index in [4.69, 9.17) is 0 Å². The molecule has 0 bridgehead atoms. The van der Waals surface area contributed by atoms with Crippen LogP contribution in [0.1, 0.15) is 39.5 Å². The highest BCUT2D eigenvalue weighted by atomic mass is 15.3. The van der Waals surface area contributed by atoms with E-state index in [1.807, 2.05) is 10.7 Å². The fraction of sp³-hybridized carbons (Fsp3) is 0.529. The second kappa shape index (κ2) is 6.29. The molecule has 2 aromatic rings. The molecule has 3 rings (SSSR count). The van der Waals surface area contributed by atoms with E-state index < -0.39 is 0 Å². The van der Waals surface area contributed by atoms with Crippen molar-refractivity contribution >= 4 is 5.69 Å². The van der Waals surface area contributed by atoms with Gasteiger partial charge in [0.1, 0.15) is 12.7 Å². The lowest BCUT2D eigenvalue weighted by atomic mass is 9.79. The lowest BCUT2D eigenvalue weighted by Crippen LogP contribution is -2.29. The monoisotopic (exact) mass is 284 g/mol. The van der Waals surface area contributed by atoms with Gasteiger partial charge in [0.05, 0.1) is 11.4 Å². The summed E-state index contributed by atoms with van der Waals surface area (Å²) in [5, 5.41) is 7.98. The van der Waals surface area contributed by atoms with Gasteiger partial charge in [-0.1, -0.05) is 38.8 Å². The number of nitrogens with zero attached hydrogens (tertiary/aromatic N) is 3. The van der Waals surface area contributed by atoms with Crippen LogP contribution in [0.3, 0.4) is 0 Å². The van der Waals surface area contributed by atoms with E-state index in [2.05, 4.69) is 47.4 Å². The van der Waals surface area contributed by atoms with Crippen LogP contribution in [0.2, 0.25) is 0 Å². The van der Waals surface area contributed by atoms with Crippen molar-refractivity contribution < 1.29 is 0 Å². The first-order valence-corrected chi connectivity index (χ1v) is 7.94. The van der Waals surface area contributed by atoms with Crippen molar-refractivity contribution in [2.24, 2.45) is 11.8 Å². The molecule has 1 aromatic carbocycles. The predicted molar refractivity (Wildman–Crippen MR) is 85.6 cm³/mol. The SMILES string of the molecule is CC(C)C1CCCC(Nc2ccccc2-n2cncn2)C1. The quantitative estimate of drug-likeness (QED) is 0.926. The van der Waals surface area contributed by atoms with Gasteiger partial charge >= 0.3 is 0 Å². The van der Waals surface area contributed by atoms with Crippen LogP contribution in [0.5, 0.6) is 0 Å². The topological polar surface area (TPSA) is 42.7 Å². The second-order valence-electron chi connectivity index (χ2n) is 6.37. The van der Waals surface area contributed by atoms with E-state index in [9.17, 15) is 0 Å². The Bertz CT molecular complexity index is 562. The molecule has 4 nitrogen and oxygen atoms in total. The number of nitrogens with one attached hydrogen (secondary N) is 1. The van der Waals surface area contributed by atoms with Gasteiger partial charge in [-0.25, -0.2) is 9.67 Å². The van der Waals surface area contributed by atoms with Crippen molar-refractivity contribution in [3.05, 3.63) is 36.9 Å². The van der Waals surface area contributed by atoms with Crippen molar-refractivity contribution in [3.8, 4) is 5.69 Å². The fourth-order valence-corrected chi connectivity index (χ4v) is 3.31. The summed E-state index contributed by atoms with van der Waals surface area (Å²) in [7, 11) is 0. The van der Waals surface area contributed by atoms with Gasteiger partial charge in [-0.15, -0.1) is 0 Å². The standard InChI is InChI=1S/C17H24N4/c1-13(2)14-6-5-7-15(10-14)20-16-8-3-4-9-17(16)21-12-18-11-19-21/h3-4,8-9,11-15,20H,5-7,10H2,1-2H3. The Labute approximate surface area is 126 Å². The number of hydrogen-bond donors (Lipinski definition) is 1. The lowest BCUT2D eigenvalue weighted by molar-refractivity contribution is 0.264. The number of aromatic nitrogens is 3. The van der Waals surface area contributed by atoms with E-state index in [0.29, 0.717) is 6.04 Å². The Kier molecular flexibility index (Phi) is 4.23. The van der Waals surface area contributed by atoms with E-state index in [1.54, 1.807) is 12.7 Å². The molecule has 0 spiro atoms. The summed E-state index contributed by atoms with van der Waals surface area (Å²) in [5.41, 5.74) is 2.22. The largest absolute Gasteiger partial charge is 0.381 e. The van der Waals surface area contributed by atoms with Crippen molar-refractivity contribution in [1.29, 1.82) is 0 Å². The molecule has 112 valence electrons. The zero-order valence-corrected chi connectivity index (χ0v) is 12.9. The minimum atomic E-state index is 0.566. The Morgan fingerprint density at radius 1 is 1.24 bits per heavy atom. The summed E-state index contributed by atoms with van der Waals surface area (Å²) in [6.07, 6.45) is 8.55. The smallest absolute Gasteiger partial charge is 0.138 e. The minimum absolute atomic E-state index is 0.566. The molecule has 0 aliphatic heterocycles. The van der Waals surface area contributed by atoms with Crippen LogP contribution in [-0.2, 0) is 0 Å². The van der Waals surface area contributed by atoms with Gasteiger partial charge in [0.25, 0.3) is 0 Å². The molecule has 1 saturated carbocycles. The number of anilines is 1. The summed E-state index contributed by atoms with van der Waals surface area (Å²) in [5.74, 6) is 1.62. The minimum Gasteiger partial charge on any atom is -0.381 e. The third-order valence-corrected chi connectivity index (χ3v) is 4.59. The summed E-state index contributed by atoms with van der Waals surface area (Å²) in [4.78, 5) is 4.05. The van der Waals surface area contributed by atoms with Crippen molar-refractivity contribution in [2.45, 2.75) is 45.6 Å². The van der Waals surface area contributed by atoms with E-state index in [0.717, 1.165) is 23.2 Å². The van der Waals surface area contributed by atoms with Crippen LogP contribution < -0.4 is 5.32 Å². The first kappa shape index (κ1) is 14.1. The summed E-state index contributed by atoms with van der Waals surface area (Å²) in [6.45, 7) is 4.69. The van der Waals surface area contributed by atoms with Gasteiger partial charge < -0.3 is 5.32 Å². The maximum atomic E-state index is 4.25. The summed E-state index contributed by atoms with van der Waals surface area (Å²) >= 11 is 0. The molecule has 1 aromatic heterocycles. The van der Waals surface area contributed by atoms with Gasteiger partial charge in [-0.05, 0) is 36.8 Å². The molecule has 4 heteroatoms. The summed E-state index contributed by atoms with van der Waals surface area (Å²) < 4.78 is 1.82. The molecular weight excluding hydrogens is 260 g/mol. The maximum absolute atomic E-state index is 4.25. The highest BCUT2D eigenvalue weighted by Crippen LogP contribution is 2.32. The van der Waals surface area contributed by atoms with Crippen molar-refractivity contribution in [1.82, 2.24) is 14.8 Å². The highest BCUT2D eigenvalue weighted by molar-refractivity contribution is 5.60. The Morgan fingerprint density at radius 2 is 2.10 bits per heavy atom. The number of para-hydroxylation sites is 2. The van der Waals surface area contributed by atoms with Gasteiger partial charge in [0.2, 0.25) is 0 Å². The van der Waals surface area contributed by atoms with Gasteiger partial charge in [-0.2, -0.15) is 5.10 Å². The first-order valence-electron chi connectivity index (χ1n) is 7.94. The zero-order chi connectivity index (χ0) is 14.7. The van der Waals surface area contributed by atoms with Crippen molar-refractivity contribution in [2.75, 3.05) is 5.32 Å². The molecule has 21 heavy (non-hydrogen) atoms. The number of rotatable bonds is 4. The first-order chi connectivity index (χ1) is 10.2. The van der Waals surface area contributed by atoms with Crippen LogP contribution in [0.15, 0.2) is 36.9 Å². The molecule has 1 N–H and O–H groups in total. The van der Waals surface area contributed by atoms with E-state index in [1.165, 1.54) is 25.7 Å². The molecule has 0 radical (unpaired) electrons. The molecule has 1 heterocycles. The van der Waals surface area contributed by atoms with Crippen molar-refractivity contribution in [3.63, 3.8) is 0 Å². The third kappa shape index (κ3) is 3.26. The molecule has 1 aliphatic carbocycles.